The second kappa shape index (κ2) is 9.20. The summed E-state index contributed by atoms with van der Waals surface area (Å²) >= 11 is 0. The standard InChI is InChI=1S/C21H23N3O5/c1-27-11-10-24(21(26)16-12-14(28-2)8-9-18(16)29-3)13-19-22-17-7-5-4-6-15(17)20(25)23-19/h4-9,12H,10-11,13H2,1-3H3,(H,22,23,25). The van der Waals surface area contributed by atoms with Crippen LogP contribution >= 0.6 is 0 Å². The van der Waals surface area contributed by atoms with Gasteiger partial charge in [-0.2, -0.15) is 0 Å². The molecule has 0 fully saturated rings. The number of H-pyrrole nitrogens is 1. The van der Waals surface area contributed by atoms with Gasteiger partial charge in [0.1, 0.15) is 17.3 Å². The van der Waals surface area contributed by atoms with Gasteiger partial charge in [-0.15, -0.1) is 0 Å². The Morgan fingerprint density at radius 3 is 2.62 bits per heavy atom. The number of nitrogens with one attached hydrogen (secondary N) is 1. The number of rotatable bonds is 8. The lowest BCUT2D eigenvalue weighted by molar-refractivity contribution is 0.0671. The molecule has 1 amide bonds. The number of carbonyl (C=O) groups excluding carboxylic acids is 1. The van der Waals surface area contributed by atoms with Gasteiger partial charge in [0.05, 0.1) is 43.8 Å². The van der Waals surface area contributed by atoms with Crippen molar-refractivity contribution in [2.24, 2.45) is 0 Å². The molecule has 0 aliphatic carbocycles. The monoisotopic (exact) mass is 397 g/mol. The van der Waals surface area contributed by atoms with E-state index in [1.807, 2.05) is 6.07 Å². The molecule has 0 radical (unpaired) electrons. The van der Waals surface area contributed by atoms with Crippen LogP contribution in [0, 0.1) is 0 Å². The summed E-state index contributed by atoms with van der Waals surface area (Å²) in [7, 11) is 4.59. The minimum Gasteiger partial charge on any atom is -0.497 e. The van der Waals surface area contributed by atoms with Crippen molar-refractivity contribution in [2.45, 2.75) is 6.54 Å². The van der Waals surface area contributed by atoms with E-state index in [2.05, 4.69) is 9.97 Å². The maximum atomic E-state index is 13.3. The number of fused-ring (bicyclic) bond motifs is 1. The Morgan fingerprint density at radius 2 is 1.90 bits per heavy atom. The zero-order valence-corrected chi connectivity index (χ0v) is 16.6. The van der Waals surface area contributed by atoms with Crippen LogP contribution in [0.25, 0.3) is 10.9 Å². The van der Waals surface area contributed by atoms with Crippen LogP contribution in [-0.2, 0) is 11.3 Å². The lowest BCUT2D eigenvalue weighted by Crippen LogP contribution is -2.35. The third-order valence-corrected chi connectivity index (χ3v) is 4.49. The van der Waals surface area contributed by atoms with Gasteiger partial charge in [-0.1, -0.05) is 12.1 Å². The highest BCUT2D eigenvalue weighted by molar-refractivity contribution is 5.97. The molecule has 152 valence electrons. The lowest BCUT2D eigenvalue weighted by atomic mass is 10.1. The molecule has 0 saturated heterocycles. The van der Waals surface area contributed by atoms with Crippen LogP contribution in [0.1, 0.15) is 16.2 Å². The van der Waals surface area contributed by atoms with Crippen molar-refractivity contribution in [3.05, 3.63) is 64.2 Å². The number of aromatic amines is 1. The van der Waals surface area contributed by atoms with E-state index >= 15 is 0 Å². The molecular weight excluding hydrogens is 374 g/mol. The van der Waals surface area contributed by atoms with Gasteiger partial charge in [-0.3, -0.25) is 9.59 Å². The van der Waals surface area contributed by atoms with Crippen molar-refractivity contribution >= 4 is 16.8 Å². The first-order valence-electron chi connectivity index (χ1n) is 9.05. The van der Waals surface area contributed by atoms with Gasteiger partial charge in [-0.05, 0) is 30.3 Å². The number of ether oxygens (including phenoxy) is 3. The highest BCUT2D eigenvalue weighted by Crippen LogP contribution is 2.25. The number of benzene rings is 2. The van der Waals surface area contributed by atoms with E-state index in [9.17, 15) is 9.59 Å². The van der Waals surface area contributed by atoms with Crippen molar-refractivity contribution in [2.75, 3.05) is 34.5 Å². The fourth-order valence-electron chi connectivity index (χ4n) is 3.00. The topological polar surface area (TPSA) is 93.8 Å². The summed E-state index contributed by atoms with van der Waals surface area (Å²) in [5.74, 6) is 1.07. The first kappa shape index (κ1) is 20.3. The Morgan fingerprint density at radius 1 is 1.10 bits per heavy atom. The molecule has 1 N–H and O–H groups in total. The summed E-state index contributed by atoms with van der Waals surface area (Å²) in [6, 6.07) is 12.1. The molecule has 1 aromatic heterocycles. The molecule has 0 aliphatic heterocycles. The van der Waals surface area contributed by atoms with Crippen molar-refractivity contribution in [1.29, 1.82) is 0 Å². The second-order valence-corrected chi connectivity index (χ2v) is 6.32. The molecule has 0 bridgehead atoms. The zero-order valence-electron chi connectivity index (χ0n) is 16.6. The summed E-state index contributed by atoms with van der Waals surface area (Å²) in [6.45, 7) is 0.755. The third-order valence-electron chi connectivity index (χ3n) is 4.49. The van der Waals surface area contributed by atoms with Gasteiger partial charge in [0, 0.05) is 13.7 Å². The summed E-state index contributed by atoms with van der Waals surface area (Å²) in [6.07, 6.45) is 0. The second-order valence-electron chi connectivity index (χ2n) is 6.32. The Hall–Kier alpha value is -3.39. The predicted molar refractivity (Wildman–Crippen MR) is 109 cm³/mol. The van der Waals surface area contributed by atoms with Gasteiger partial charge >= 0.3 is 0 Å². The molecule has 0 spiro atoms. The maximum Gasteiger partial charge on any atom is 0.258 e. The van der Waals surface area contributed by atoms with Gasteiger partial charge in [-0.25, -0.2) is 4.98 Å². The SMILES string of the molecule is COCCN(Cc1nc2ccccc2c(=O)[nH]1)C(=O)c1cc(OC)ccc1OC. The van der Waals surface area contributed by atoms with Crippen LogP contribution in [0.15, 0.2) is 47.3 Å². The van der Waals surface area contributed by atoms with E-state index < -0.39 is 0 Å². The molecule has 29 heavy (non-hydrogen) atoms. The quantitative estimate of drug-likeness (QED) is 0.627. The number of carbonyl (C=O) groups is 1. The van der Waals surface area contributed by atoms with Gasteiger partial charge in [0.2, 0.25) is 0 Å². The molecule has 1 heterocycles. The molecule has 8 heteroatoms. The fraction of sp³-hybridized carbons (Fsp3) is 0.286. The molecule has 3 aromatic rings. The Labute approximate surface area is 168 Å². The van der Waals surface area contributed by atoms with E-state index in [-0.39, 0.29) is 18.0 Å². The third kappa shape index (κ3) is 4.55. The van der Waals surface area contributed by atoms with Crippen molar-refractivity contribution < 1.29 is 19.0 Å². The van der Waals surface area contributed by atoms with Crippen LogP contribution in [0.4, 0.5) is 0 Å². The van der Waals surface area contributed by atoms with Crippen LogP contribution in [-0.4, -0.2) is 55.3 Å². The number of methoxy groups -OCH3 is 3. The predicted octanol–water partition coefficient (Wildman–Crippen LogP) is 2.23. The van der Waals surface area contributed by atoms with Crippen LogP contribution in [0.2, 0.25) is 0 Å². The molecule has 0 unspecified atom stereocenters. The Bertz CT molecular complexity index is 1060. The number of para-hydroxylation sites is 1. The van der Waals surface area contributed by atoms with E-state index in [4.69, 9.17) is 14.2 Å². The first-order chi connectivity index (χ1) is 14.1. The normalized spacial score (nSPS) is 10.7. The number of hydrogen-bond donors (Lipinski definition) is 1. The number of nitrogens with zero attached hydrogens (tertiary/aromatic N) is 2. The van der Waals surface area contributed by atoms with Gasteiger partial charge in [0.15, 0.2) is 0 Å². The molecule has 8 nitrogen and oxygen atoms in total. The summed E-state index contributed by atoms with van der Waals surface area (Å²) in [4.78, 5) is 34.4. The molecule has 2 aromatic carbocycles. The van der Waals surface area contributed by atoms with Crippen molar-refractivity contribution in [3.63, 3.8) is 0 Å². The van der Waals surface area contributed by atoms with Gasteiger partial charge < -0.3 is 24.1 Å². The minimum atomic E-state index is -0.284. The van der Waals surface area contributed by atoms with Crippen LogP contribution in [0.5, 0.6) is 11.5 Å². The fourth-order valence-corrected chi connectivity index (χ4v) is 3.00. The van der Waals surface area contributed by atoms with Gasteiger partial charge in [0.25, 0.3) is 11.5 Å². The average Bonchev–Trinajstić information content (AvgIpc) is 2.75. The summed E-state index contributed by atoms with van der Waals surface area (Å²) in [5, 5.41) is 0.500. The Kier molecular flexibility index (Phi) is 6.46. The van der Waals surface area contributed by atoms with E-state index in [0.29, 0.717) is 46.9 Å². The zero-order chi connectivity index (χ0) is 20.8. The highest BCUT2D eigenvalue weighted by Gasteiger charge is 2.22. The largest absolute Gasteiger partial charge is 0.497 e. The van der Waals surface area contributed by atoms with Crippen molar-refractivity contribution in [3.8, 4) is 11.5 Å². The van der Waals surface area contributed by atoms with E-state index in [1.165, 1.54) is 14.2 Å². The maximum absolute atomic E-state index is 13.3. The molecule has 0 atom stereocenters. The number of aromatic nitrogens is 2. The molecule has 0 saturated carbocycles. The first-order valence-corrected chi connectivity index (χ1v) is 9.05. The highest BCUT2D eigenvalue weighted by atomic mass is 16.5. The number of hydrogen-bond acceptors (Lipinski definition) is 6. The van der Waals surface area contributed by atoms with Crippen LogP contribution in [0.3, 0.4) is 0 Å². The van der Waals surface area contributed by atoms with E-state index in [0.717, 1.165) is 0 Å². The Balaban J connectivity index is 1.96. The minimum absolute atomic E-state index is 0.114. The summed E-state index contributed by atoms with van der Waals surface area (Å²) in [5.41, 5.74) is 0.680. The van der Waals surface area contributed by atoms with Crippen molar-refractivity contribution in [1.82, 2.24) is 14.9 Å². The summed E-state index contributed by atoms with van der Waals surface area (Å²) < 4.78 is 15.7. The molecule has 0 aliphatic rings. The van der Waals surface area contributed by atoms with Crippen LogP contribution < -0.4 is 15.0 Å². The molecule has 3 rings (SSSR count). The molecular formula is C21H23N3O5. The van der Waals surface area contributed by atoms with E-state index in [1.54, 1.807) is 48.4 Å². The average molecular weight is 397 g/mol. The smallest absolute Gasteiger partial charge is 0.258 e. The number of amides is 1. The lowest BCUT2D eigenvalue weighted by Gasteiger charge is -2.23.